The zero-order valence-electron chi connectivity index (χ0n) is 11.5. The van der Waals surface area contributed by atoms with Gasteiger partial charge in [-0.1, -0.05) is 13.8 Å². The van der Waals surface area contributed by atoms with Gasteiger partial charge in [-0.05, 0) is 0 Å². The summed E-state index contributed by atoms with van der Waals surface area (Å²) in [5, 5.41) is 3.36. The second-order valence-electron chi connectivity index (χ2n) is 5.26. The van der Waals surface area contributed by atoms with Gasteiger partial charge in [-0.15, -0.1) is 0 Å². The van der Waals surface area contributed by atoms with Crippen LogP contribution >= 0.6 is 0 Å². The Balaban J connectivity index is 1.93. The van der Waals surface area contributed by atoms with Gasteiger partial charge in [0.25, 0.3) is 0 Å². The van der Waals surface area contributed by atoms with Crippen molar-refractivity contribution < 1.29 is 9.47 Å². The Morgan fingerprint density at radius 1 is 1.61 bits per heavy atom. The maximum atomic E-state index is 5.62. The van der Waals surface area contributed by atoms with Crippen molar-refractivity contribution in [2.45, 2.75) is 45.0 Å². The Kier molecular flexibility index (Phi) is 4.37. The average Bonchev–Trinajstić information content (AvgIpc) is 2.97. The van der Waals surface area contributed by atoms with Gasteiger partial charge >= 0.3 is 0 Å². The molecular formula is C13H23N3O2. The lowest BCUT2D eigenvalue weighted by Gasteiger charge is -2.25. The molecular weight excluding hydrogens is 230 g/mol. The minimum Gasteiger partial charge on any atom is -0.378 e. The van der Waals surface area contributed by atoms with Gasteiger partial charge in [0.1, 0.15) is 5.60 Å². The van der Waals surface area contributed by atoms with E-state index in [4.69, 9.17) is 9.47 Å². The fraction of sp³-hybridized carbons (Fsp3) is 0.769. The van der Waals surface area contributed by atoms with Crippen LogP contribution in [0.15, 0.2) is 12.5 Å². The van der Waals surface area contributed by atoms with E-state index in [2.05, 4.69) is 34.9 Å². The Morgan fingerprint density at radius 3 is 3.06 bits per heavy atom. The maximum absolute atomic E-state index is 5.62. The van der Waals surface area contributed by atoms with Crippen molar-refractivity contribution in [3.8, 4) is 0 Å². The zero-order chi connectivity index (χ0) is 13.0. The molecule has 0 amide bonds. The largest absolute Gasteiger partial charge is 0.378 e. The molecule has 1 saturated heterocycles. The molecule has 5 heteroatoms. The number of hydrogen-bond donors (Lipinski definition) is 1. The topological polar surface area (TPSA) is 48.3 Å². The first-order valence-corrected chi connectivity index (χ1v) is 6.50. The third-order valence-corrected chi connectivity index (χ3v) is 3.35. The van der Waals surface area contributed by atoms with Gasteiger partial charge in [0.2, 0.25) is 0 Å². The molecule has 1 atom stereocenters. The molecule has 0 bridgehead atoms. The van der Waals surface area contributed by atoms with Crippen LogP contribution in [-0.2, 0) is 22.6 Å². The lowest BCUT2D eigenvalue weighted by molar-refractivity contribution is -0.0295. The van der Waals surface area contributed by atoms with Crippen LogP contribution in [0.4, 0.5) is 0 Å². The predicted molar refractivity (Wildman–Crippen MR) is 69.4 cm³/mol. The van der Waals surface area contributed by atoms with Crippen LogP contribution in [0.3, 0.4) is 0 Å². The lowest BCUT2D eigenvalue weighted by atomic mass is 10.0. The summed E-state index contributed by atoms with van der Waals surface area (Å²) in [6.45, 7) is 7.32. The quantitative estimate of drug-likeness (QED) is 0.827. The molecule has 0 radical (unpaired) electrons. The Morgan fingerprint density at radius 2 is 2.44 bits per heavy atom. The second-order valence-corrected chi connectivity index (χ2v) is 5.26. The van der Waals surface area contributed by atoms with E-state index >= 15 is 0 Å². The van der Waals surface area contributed by atoms with Gasteiger partial charge < -0.3 is 19.4 Å². The van der Waals surface area contributed by atoms with E-state index in [9.17, 15) is 0 Å². The highest BCUT2D eigenvalue weighted by Gasteiger charge is 2.35. The highest BCUT2D eigenvalue weighted by molar-refractivity contribution is 4.98. The predicted octanol–water partition coefficient (Wildman–Crippen LogP) is 1.19. The SMILES string of the molecule is COC1(Cn2cnc(CNC(C)C)c2)CCOC1. The van der Waals surface area contributed by atoms with E-state index < -0.39 is 0 Å². The van der Waals surface area contributed by atoms with Crippen LogP contribution < -0.4 is 5.32 Å². The molecule has 0 spiro atoms. The fourth-order valence-corrected chi connectivity index (χ4v) is 2.16. The van der Waals surface area contributed by atoms with E-state index in [1.165, 1.54) is 0 Å². The van der Waals surface area contributed by atoms with E-state index in [-0.39, 0.29) is 5.60 Å². The molecule has 102 valence electrons. The van der Waals surface area contributed by atoms with Crippen molar-refractivity contribution >= 4 is 0 Å². The van der Waals surface area contributed by atoms with E-state index in [0.29, 0.717) is 12.6 Å². The molecule has 1 fully saturated rings. The molecule has 2 heterocycles. The van der Waals surface area contributed by atoms with Crippen LogP contribution in [0.25, 0.3) is 0 Å². The van der Waals surface area contributed by atoms with Gasteiger partial charge in [0, 0.05) is 38.9 Å². The first-order valence-electron chi connectivity index (χ1n) is 6.50. The van der Waals surface area contributed by atoms with Crippen LogP contribution in [0.1, 0.15) is 26.0 Å². The number of imidazole rings is 1. The van der Waals surface area contributed by atoms with Crippen LogP contribution in [0, 0.1) is 0 Å². The smallest absolute Gasteiger partial charge is 0.111 e. The Labute approximate surface area is 108 Å². The number of hydrogen-bond acceptors (Lipinski definition) is 4. The van der Waals surface area contributed by atoms with Crippen molar-refractivity contribution in [2.24, 2.45) is 0 Å². The Hall–Kier alpha value is -0.910. The summed E-state index contributed by atoms with van der Waals surface area (Å²) in [7, 11) is 1.76. The monoisotopic (exact) mass is 253 g/mol. The maximum Gasteiger partial charge on any atom is 0.111 e. The molecule has 1 aliphatic rings. The third kappa shape index (κ3) is 3.31. The standard InChI is InChI=1S/C13H23N3O2/c1-11(2)14-6-12-7-16(10-15-12)8-13(17-3)4-5-18-9-13/h7,10-11,14H,4-6,8-9H2,1-3H3. The van der Waals surface area contributed by atoms with Crippen LogP contribution in [0.2, 0.25) is 0 Å². The van der Waals surface area contributed by atoms with Gasteiger partial charge in [-0.3, -0.25) is 0 Å². The average molecular weight is 253 g/mol. The van der Waals surface area contributed by atoms with Crippen LogP contribution in [0.5, 0.6) is 0 Å². The van der Waals surface area contributed by atoms with E-state index in [1.54, 1.807) is 7.11 Å². The highest BCUT2D eigenvalue weighted by atomic mass is 16.5. The molecule has 1 unspecified atom stereocenters. The summed E-state index contributed by atoms with van der Waals surface area (Å²) in [6.07, 6.45) is 4.89. The number of nitrogens with zero attached hydrogens (tertiary/aromatic N) is 2. The summed E-state index contributed by atoms with van der Waals surface area (Å²) in [5.74, 6) is 0. The van der Waals surface area contributed by atoms with Gasteiger partial charge in [0.05, 0.1) is 25.2 Å². The molecule has 18 heavy (non-hydrogen) atoms. The molecule has 0 aliphatic carbocycles. The minimum absolute atomic E-state index is 0.177. The summed E-state index contributed by atoms with van der Waals surface area (Å²) in [5.41, 5.74) is 0.887. The van der Waals surface area contributed by atoms with Crippen molar-refractivity contribution in [3.05, 3.63) is 18.2 Å². The first-order chi connectivity index (χ1) is 8.63. The van der Waals surface area contributed by atoms with Gasteiger partial charge in [-0.25, -0.2) is 4.98 Å². The highest BCUT2D eigenvalue weighted by Crippen LogP contribution is 2.24. The summed E-state index contributed by atoms with van der Waals surface area (Å²) < 4.78 is 13.2. The van der Waals surface area contributed by atoms with E-state index in [0.717, 1.165) is 31.8 Å². The van der Waals surface area contributed by atoms with Gasteiger partial charge in [0.15, 0.2) is 0 Å². The van der Waals surface area contributed by atoms with Crippen molar-refractivity contribution in [1.82, 2.24) is 14.9 Å². The molecule has 0 saturated carbocycles. The molecule has 0 aromatic carbocycles. The van der Waals surface area contributed by atoms with Crippen molar-refractivity contribution in [2.75, 3.05) is 20.3 Å². The van der Waals surface area contributed by atoms with Crippen molar-refractivity contribution in [1.29, 1.82) is 0 Å². The normalized spacial score (nSPS) is 24.0. The van der Waals surface area contributed by atoms with E-state index in [1.807, 2.05) is 6.33 Å². The number of nitrogens with one attached hydrogen (secondary N) is 1. The number of ether oxygens (including phenoxy) is 2. The lowest BCUT2D eigenvalue weighted by Crippen LogP contribution is -2.36. The number of methoxy groups -OCH3 is 1. The third-order valence-electron chi connectivity index (χ3n) is 3.35. The second kappa shape index (κ2) is 5.82. The molecule has 5 nitrogen and oxygen atoms in total. The first kappa shape index (κ1) is 13.5. The van der Waals surface area contributed by atoms with Crippen LogP contribution in [-0.4, -0.2) is 41.5 Å². The van der Waals surface area contributed by atoms with Crippen molar-refractivity contribution in [3.63, 3.8) is 0 Å². The molecule has 2 rings (SSSR count). The fourth-order valence-electron chi connectivity index (χ4n) is 2.16. The minimum atomic E-state index is -0.177. The van der Waals surface area contributed by atoms with Gasteiger partial charge in [-0.2, -0.15) is 0 Å². The molecule has 1 aromatic heterocycles. The Bertz CT molecular complexity index is 370. The number of rotatable bonds is 6. The molecule has 1 aliphatic heterocycles. The summed E-state index contributed by atoms with van der Waals surface area (Å²) in [6, 6.07) is 0.476. The number of aromatic nitrogens is 2. The summed E-state index contributed by atoms with van der Waals surface area (Å²) in [4.78, 5) is 4.40. The molecule has 1 N–H and O–H groups in total. The molecule has 1 aromatic rings. The summed E-state index contributed by atoms with van der Waals surface area (Å²) >= 11 is 0. The zero-order valence-corrected chi connectivity index (χ0v) is 11.5.